The quantitative estimate of drug-likeness (QED) is 0.583. The molecule has 5 heteroatoms. The zero-order chi connectivity index (χ0) is 11.4. The van der Waals surface area contributed by atoms with E-state index in [2.05, 4.69) is 0 Å². The van der Waals surface area contributed by atoms with E-state index in [-0.39, 0.29) is 18.2 Å². The Bertz CT molecular complexity index is 380. The van der Waals surface area contributed by atoms with E-state index >= 15 is 0 Å². The molecule has 0 aromatic heterocycles. The Morgan fingerprint density at radius 1 is 1.47 bits per heavy atom. The Hall–Kier alpha value is -1.62. The minimum atomic E-state index is -0.544. The van der Waals surface area contributed by atoms with Crippen molar-refractivity contribution in [2.24, 2.45) is 5.73 Å². The second kappa shape index (κ2) is 4.75. The molecule has 0 atom stereocenters. The third-order valence-corrected chi connectivity index (χ3v) is 1.94. The van der Waals surface area contributed by atoms with Crippen LogP contribution in [0, 0.1) is 11.2 Å². The summed E-state index contributed by atoms with van der Waals surface area (Å²) in [6.07, 6.45) is 0. The van der Waals surface area contributed by atoms with Crippen LogP contribution in [0.15, 0.2) is 12.1 Å². The highest BCUT2D eigenvalue weighted by molar-refractivity contribution is 5.95. The number of hydrogen-bond donors (Lipinski definition) is 2. The van der Waals surface area contributed by atoms with Gasteiger partial charge in [0.15, 0.2) is 11.6 Å². The smallest absolute Gasteiger partial charge is 0.166 e. The number of nitrogen functional groups attached to an aromatic ring is 1. The fourth-order valence-electron chi connectivity index (χ4n) is 1.30. The van der Waals surface area contributed by atoms with Crippen molar-refractivity contribution < 1.29 is 13.9 Å². The average Bonchev–Trinajstić information content (AvgIpc) is 2.17. The van der Waals surface area contributed by atoms with Gasteiger partial charge in [-0.25, -0.2) is 4.39 Å². The van der Waals surface area contributed by atoms with Gasteiger partial charge < -0.3 is 15.2 Å². The van der Waals surface area contributed by atoms with E-state index < -0.39 is 5.82 Å². The molecule has 1 aromatic carbocycles. The van der Waals surface area contributed by atoms with Crippen LogP contribution < -0.4 is 10.5 Å². The van der Waals surface area contributed by atoms with E-state index in [9.17, 15) is 4.39 Å². The maximum atomic E-state index is 13.5. The molecule has 0 saturated heterocycles. The molecule has 0 aliphatic heterocycles. The van der Waals surface area contributed by atoms with Crippen molar-refractivity contribution in [3.8, 4) is 5.75 Å². The zero-order valence-corrected chi connectivity index (χ0v) is 8.63. The number of ether oxygens (including phenoxy) is 2. The molecule has 0 amide bonds. The van der Waals surface area contributed by atoms with E-state index in [0.29, 0.717) is 11.1 Å². The minimum absolute atomic E-state index is 0.127. The number of benzene rings is 1. The first-order valence-electron chi connectivity index (χ1n) is 4.30. The molecule has 0 bridgehead atoms. The summed E-state index contributed by atoms with van der Waals surface area (Å²) in [5.41, 5.74) is 6.13. The third-order valence-electron chi connectivity index (χ3n) is 1.94. The fraction of sp³-hybridized carbons (Fsp3) is 0.300. The van der Waals surface area contributed by atoms with Gasteiger partial charge in [-0.3, -0.25) is 5.41 Å². The number of nitrogens with two attached hydrogens (primary N) is 1. The molecular formula is C10H13FN2O2. The molecule has 3 N–H and O–H groups in total. The largest absolute Gasteiger partial charge is 0.493 e. The summed E-state index contributed by atoms with van der Waals surface area (Å²) in [7, 11) is 2.88. The SMILES string of the molecule is COCc1cc(C(=N)N)cc(F)c1OC. The number of amidine groups is 1. The van der Waals surface area contributed by atoms with Gasteiger partial charge in [0.05, 0.1) is 13.7 Å². The topological polar surface area (TPSA) is 68.3 Å². The molecular weight excluding hydrogens is 199 g/mol. The van der Waals surface area contributed by atoms with Gasteiger partial charge in [-0.2, -0.15) is 0 Å². The highest BCUT2D eigenvalue weighted by Gasteiger charge is 2.12. The zero-order valence-electron chi connectivity index (χ0n) is 8.63. The minimum Gasteiger partial charge on any atom is -0.493 e. The number of methoxy groups -OCH3 is 2. The molecule has 0 unspecified atom stereocenters. The number of halogens is 1. The van der Waals surface area contributed by atoms with Crippen molar-refractivity contribution >= 4 is 5.84 Å². The number of hydrogen-bond acceptors (Lipinski definition) is 3. The van der Waals surface area contributed by atoms with E-state index in [0.717, 1.165) is 0 Å². The van der Waals surface area contributed by atoms with Crippen LogP contribution in [-0.2, 0) is 11.3 Å². The molecule has 0 aliphatic carbocycles. The average molecular weight is 212 g/mol. The van der Waals surface area contributed by atoms with Crippen LogP contribution in [0.5, 0.6) is 5.75 Å². The summed E-state index contributed by atoms with van der Waals surface area (Å²) in [6.45, 7) is 0.210. The van der Waals surface area contributed by atoms with Crippen molar-refractivity contribution in [3.63, 3.8) is 0 Å². The van der Waals surface area contributed by atoms with Gasteiger partial charge in [-0.1, -0.05) is 0 Å². The van der Waals surface area contributed by atoms with E-state index in [1.54, 1.807) is 6.07 Å². The monoisotopic (exact) mass is 212 g/mol. The highest BCUT2D eigenvalue weighted by Crippen LogP contribution is 2.24. The lowest BCUT2D eigenvalue weighted by Crippen LogP contribution is -2.12. The van der Waals surface area contributed by atoms with Gasteiger partial charge in [-0.05, 0) is 12.1 Å². The van der Waals surface area contributed by atoms with Crippen LogP contribution in [0.4, 0.5) is 4.39 Å². The van der Waals surface area contributed by atoms with E-state index in [4.69, 9.17) is 20.6 Å². The van der Waals surface area contributed by atoms with Crippen molar-refractivity contribution in [1.82, 2.24) is 0 Å². The first-order chi connectivity index (χ1) is 7.10. The van der Waals surface area contributed by atoms with Gasteiger partial charge >= 0.3 is 0 Å². The Labute approximate surface area is 87.3 Å². The van der Waals surface area contributed by atoms with Crippen LogP contribution in [0.3, 0.4) is 0 Å². The van der Waals surface area contributed by atoms with Crippen molar-refractivity contribution in [2.45, 2.75) is 6.61 Å². The molecule has 0 aliphatic rings. The van der Waals surface area contributed by atoms with Gasteiger partial charge in [0.1, 0.15) is 5.84 Å². The molecule has 0 fully saturated rings. The van der Waals surface area contributed by atoms with Crippen LogP contribution >= 0.6 is 0 Å². The van der Waals surface area contributed by atoms with Gasteiger partial charge in [0.2, 0.25) is 0 Å². The molecule has 0 heterocycles. The number of nitrogens with one attached hydrogen (secondary N) is 1. The molecule has 1 rings (SSSR count). The lowest BCUT2D eigenvalue weighted by molar-refractivity contribution is 0.180. The fourth-order valence-corrected chi connectivity index (χ4v) is 1.30. The molecule has 4 nitrogen and oxygen atoms in total. The summed E-state index contributed by atoms with van der Waals surface area (Å²) in [5, 5.41) is 7.22. The van der Waals surface area contributed by atoms with Gasteiger partial charge in [0, 0.05) is 18.2 Å². The van der Waals surface area contributed by atoms with Gasteiger partial charge in [-0.15, -0.1) is 0 Å². The third kappa shape index (κ3) is 2.44. The van der Waals surface area contributed by atoms with E-state index in [1.807, 2.05) is 0 Å². The van der Waals surface area contributed by atoms with Crippen LogP contribution in [0.25, 0.3) is 0 Å². The second-order valence-corrected chi connectivity index (χ2v) is 3.00. The molecule has 82 valence electrons. The first-order valence-corrected chi connectivity index (χ1v) is 4.30. The van der Waals surface area contributed by atoms with Crippen LogP contribution in [-0.4, -0.2) is 20.1 Å². The summed E-state index contributed by atoms with van der Waals surface area (Å²) >= 11 is 0. The number of rotatable bonds is 4. The first kappa shape index (κ1) is 11.5. The van der Waals surface area contributed by atoms with Crippen LogP contribution in [0.1, 0.15) is 11.1 Å². The molecule has 0 saturated carbocycles. The van der Waals surface area contributed by atoms with Gasteiger partial charge in [0.25, 0.3) is 0 Å². The Balaban J connectivity index is 3.25. The normalized spacial score (nSPS) is 10.1. The molecule has 1 aromatic rings. The Morgan fingerprint density at radius 3 is 2.60 bits per heavy atom. The van der Waals surface area contributed by atoms with Crippen molar-refractivity contribution in [3.05, 3.63) is 29.1 Å². The van der Waals surface area contributed by atoms with Crippen molar-refractivity contribution in [1.29, 1.82) is 5.41 Å². The highest BCUT2D eigenvalue weighted by atomic mass is 19.1. The summed E-state index contributed by atoms with van der Waals surface area (Å²) < 4.78 is 23.3. The lowest BCUT2D eigenvalue weighted by atomic mass is 10.1. The lowest BCUT2D eigenvalue weighted by Gasteiger charge is -2.10. The predicted molar refractivity (Wildman–Crippen MR) is 54.7 cm³/mol. The molecule has 0 radical (unpaired) electrons. The summed E-state index contributed by atoms with van der Waals surface area (Å²) in [4.78, 5) is 0. The Morgan fingerprint density at radius 2 is 2.13 bits per heavy atom. The Kier molecular flexibility index (Phi) is 3.62. The maximum Gasteiger partial charge on any atom is 0.166 e. The van der Waals surface area contributed by atoms with E-state index in [1.165, 1.54) is 20.3 Å². The van der Waals surface area contributed by atoms with Crippen molar-refractivity contribution in [2.75, 3.05) is 14.2 Å². The molecule has 15 heavy (non-hydrogen) atoms. The summed E-state index contributed by atoms with van der Waals surface area (Å²) in [5.74, 6) is -0.604. The van der Waals surface area contributed by atoms with Crippen LogP contribution in [0.2, 0.25) is 0 Å². The standard InChI is InChI=1S/C10H13FN2O2/c1-14-5-7-3-6(10(12)13)4-8(11)9(7)15-2/h3-4H,5H2,1-2H3,(H3,12,13). The molecule has 0 spiro atoms. The summed E-state index contributed by atoms with van der Waals surface area (Å²) in [6, 6.07) is 2.74. The maximum absolute atomic E-state index is 13.5. The second-order valence-electron chi connectivity index (χ2n) is 3.00. The predicted octanol–water partition coefficient (Wildman–Crippen LogP) is 1.26.